The molecule has 0 aliphatic heterocycles. The van der Waals surface area contributed by atoms with E-state index in [4.69, 9.17) is 5.73 Å². The minimum atomic E-state index is -0.170. The SMILES string of the molecule is CCC(N)C(Sc1n[nH]c(=O)n1C(C)C)c1ccsc1. The summed E-state index contributed by atoms with van der Waals surface area (Å²) in [5.41, 5.74) is 7.27. The predicted octanol–water partition coefficient (Wildman–Crippen LogP) is 2.78. The van der Waals surface area contributed by atoms with Gasteiger partial charge < -0.3 is 5.73 Å². The highest BCUT2D eigenvalue weighted by Crippen LogP contribution is 2.38. The quantitative estimate of drug-likeness (QED) is 0.804. The van der Waals surface area contributed by atoms with Crippen molar-refractivity contribution >= 4 is 23.1 Å². The van der Waals surface area contributed by atoms with E-state index in [0.29, 0.717) is 5.16 Å². The van der Waals surface area contributed by atoms with E-state index in [1.165, 1.54) is 5.56 Å². The molecule has 7 heteroatoms. The Morgan fingerprint density at radius 2 is 2.30 bits per heavy atom. The van der Waals surface area contributed by atoms with Crippen molar-refractivity contribution < 1.29 is 0 Å². The van der Waals surface area contributed by atoms with Gasteiger partial charge in [0, 0.05) is 12.1 Å². The molecule has 5 nitrogen and oxygen atoms in total. The molecule has 0 spiro atoms. The van der Waals surface area contributed by atoms with Gasteiger partial charge in [0.1, 0.15) is 0 Å². The first kappa shape index (κ1) is 15.3. The summed E-state index contributed by atoms with van der Waals surface area (Å²) in [5, 5.41) is 11.6. The van der Waals surface area contributed by atoms with E-state index >= 15 is 0 Å². The molecular weight excluding hydrogens is 292 g/mol. The van der Waals surface area contributed by atoms with Crippen LogP contribution >= 0.6 is 23.1 Å². The Morgan fingerprint density at radius 3 is 2.85 bits per heavy atom. The zero-order valence-corrected chi connectivity index (χ0v) is 13.5. The van der Waals surface area contributed by atoms with Crippen molar-refractivity contribution in [3.63, 3.8) is 0 Å². The van der Waals surface area contributed by atoms with Gasteiger partial charge in [0.15, 0.2) is 5.16 Å². The number of nitrogens with two attached hydrogens (primary N) is 1. The molecule has 110 valence electrons. The molecule has 2 heterocycles. The number of thiophene rings is 1. The van der Waals surface area contributed by atoms with E-state index in [0.717, 1.165) is 6.42 Å². The molecule has 2 rings (SSSR count). The van der Waals surface area contributed by atoms with E-state index in [1.807, 2.05) is 19.2 Å². The molecule has 0 amide bonds. The van der Waals surface area contributed by atoms with Crippen molar-refractivity contribution in [1.82, 2.24) is 14.8 Å². The molecule has 0 saturated heterocycles. The average Bonchev–Trinajstić information content (AvgIpc) is 3.04. The minimum Gasteiger partial charge on any atom is -0.326 e. The van der Waals surface area contributed by atoms with Gasteiger partial charge in [-0.3, -0.25) is 4.57 Å². The lowest BCUT2D eigenvalue weighted by atomic mass is 10.1. The third kappa shape index (κ3) is 3.16. The fourth-order valence-corrected chi connectivity index (χ4v) is 4.16. The van der Waals surface area contributed by atoms with Crippen molar-refractivity contribution in [3.8, 4) is 0 Å². The van der Waals surface area contributed by atoms with Crippen LogP contribution in [-0.4, -0.2) is 20.8 Å². The van der Waals surface area contributed by atoms with Crippen LogP contribution in [0, 0.1) is 0 Å². The van der Waals surface area contributed by atoms with Crippen LogP contribution in [-0.2, 0) is 0 Å². The van der Waals surface area contributed by atoms with Crippen molar-refractivity contribution in [2.75, 3.05) is 0 Å². The number of hydrogen-bond donors (Lipinski definition) is 2. The fraction of sp³-hybridized carbons (Fsp3) is 0.538. The van der Waals surface area contributed by atoms with Crippen LogP contribution in [0.25, 0.3) is 0 Å². The summed E-state index contributed by atoms with van der Waals surface area (Å²) in [6.07, 6.45) is 0.879. The highest BCUT2D eigenvalue weighted by atomic mass is 32.2. The van der Waals surface area contributed by atoms with Gasteiger partial charge in [0.05, 0.1) is 5.25 Å². The molecular formula is C13H20N4OS2. The molecule has 20 heavy (non-hydrogen) atoms. The molecule has 0 fully saturated rings. The Morgan fingerprint density at radius 1 is 1.55 bits per heavy atom. The largest absolute Gasteiger partial charge is 0.344 e. The van der Waals surface area contributed by atoms with Gasteiger partial charge in [-0.25, -0.2) is 9.89 Å². The maximum Gasteiger partial charge on any atom is 0.344 e. The summed E-state index contributed by atoms with van der Waals surface area (Å²) in [6.45, 7) is 6.02. The lowest BCUT2D eigenvalue weighted by Crippen LogP contribution is -2.26. The average molecular weight is 312 g/mol. The Bertz CT molecular complexity index is 588. The Kier molecular flexibility index (Phi) is 5.06. The number of nitrogens with one attached hydrogen (secondary N) is 1. The zero-order valence-electron chi connectivity index (χ0n) is 11.9. The highest BCUT2D eigenvalue weighted by molar-refractivity contribution is 7.99. The van der Waals surface area contributed by atoms with Crippen molar-refractivity contribution in [3.05, 3.63) is 32.9 Å². The first-order valence-corrected chi connectivity index (χ1v) is 8.48. The second-order valence-electron chi connectivity index (χ2n) is 4.94. The summed E-state index contributed by atoms with van der Waals surface area (Å²) in [5.74, 6) is 0. The first-order valence-electron chi connectivity index (χ1n) is 6.65. The Labute approximate surface area is 126 Å². The first-order chi connectivity index (χ1) is 9.54. The van der Waals surface area contributed by atoms with Crippen LogP contribution in [0.2, 0.25) is 0 Å². The number of aromatic amines is 1. The van der Waals surface area contributed by atoms with Gasteiger partial charge in [0.25, 0.3) is 0 Å². The van der Waals surface area contributed by atoms with Crippen molar-refractivity contribution in [1.29, 1.82) is 0 Å². The highest BCUT2D eigenvalue weighted by Gasteiger charge is 2.24. The minimum absolute atomic E-state index is 0.0296. The summed E-state index contributed by atoms with van der Waals surface area (Å²) in [6, 6.07) is 2.19. The second kappa shape index (κ2) is 6.60. The molecule has 0 saturated carbocycles. The third-order valence-electron chi connectivity index (χ3n) is 3.15. The van der Waals surface area contributed by atoms with Gasteiger partial charge in [0.2, 0.25) is 0 Å². The van der Waals surface area contributed by atoms with E-state index in [2.05, 4.69) is 28.6 Å². The molecule has 2 aromatic heterocycles. The lowest BCUT2D eigenvalue weighted by molar-refractivity contribution is 0.531. The Hall–Kier alpha value is -1.05. The van der Waals surface area contributed by atoms with Gasteiger partial charge in [-0.05, 0) is 42.7 Å². The van der Waals surface area contributed by atoms with Crippen LogP contribution in [0.4, 0.5) is 0 Å². The van der Waals surface area contributed by atoms with Crippen LogP contribution in [0.1, 0.15) is 44.0 Å². The topological polar surface area (TPSA) is 76.7 Å². The number of thioether (sulfide) groups is 1. The lowest BCUT2D eigenvalue weighted by Gasteiger charge is -2.21. The predicted molar refractivity (Wildman–Crippen MR) is 84.4 cm³/mol. The smallest absolute Gasteiger partial charge is 0.326 e. The molecule has 3 N–H and O–H groups in total. The van der Waals surface area contributed by atoms with Gasteiger partial charge in [-0.15, -0.1) is 5.10 Å². The summed E-state index contributed by atoms with van der Waals surface area (Å²) in [7, 11) is 0. The third-order valence-corrected chi connectivity index (χ3v) is 5.23. The molecule has 0 aliphatic carbocycles. The van der Waals surface area contributed by atoms with Crippen LogP contribution < -0.4 is 11.4 Å². The van der Waals surface area contributed by atoms with Crippen LogP contribution in [0.3, 0.4) is 0 Å². The number of nitrogens with zero attached hydrogens (tertiary/aromatic N) is 2. The second-order valence-corrected chi connectivity index (χ2v) is 6.83. The number of H-pyrrole nitrogens is 1. The summed E-state index contributed by atoms with van der Waals surface area (Å²) >= 11 is 3.21. The molecule has 2 atom stereocenters. The van der Waals surface area contributed by atoms with E-state index in [1.54, 1.807) is 27.7 Å². The zero-order chi connectivity index (χ0) is 14.7. The molecule has 0 radical (unpaired) electrons. The van der Waals surface area contributed by atoms with Gasteiger partial charge in [-0.1, -0.05) is 18.7 Å². The summed E-state index contributed by atoms with van der Waals surface area (Å²) in [4.78, 5) is 11.8. The normalized spacial score (nSPS) is 14.7. The van der Waals surface area contributed by atoms with E-state index < -0.39 is 0 Å². The van der Waals surface area contributed by atoms with Crippen molar-refractivity contribution in [2.45, 2.75) is 49.7 Å². The number of hydrogen-bond acceptors (Lipinski definition) is 5. The van der Waals surface area contributed by atoms with Crippen LogP contribution in [0.15, 0.2) is 26.8 Å². The fourth-order valence-electron chi connectivity index (χ4n) is 2.00. The van der Waals surface area contributed by atoms with Crippen molar-refractivity contribution in [2.24, 2.45) is 5.73 Å². The van der Waals surface area contributed by atoms with E-state index in [9.17, 15) is 4.79 Å². The van der Waals surface area contributed by atoms with Gasteiger partial charge >= 0.3 is 5.69 Å². The molecule has 0 aromatic carbocycles. The standard InChI is InChI=1S/C13H20N4OS2/c1-4-10(14)11(9-5-6-19-7-9)20-13-16-15-12(18)17(13)8(2)3/h5-8,10-11H,4,14H2,1-3H3,(H,15,18). The van der Waals surface area contributed by atoms with Crippen LogP contribution in [0.5, 0.6) is 0 Å². The maximum absolute atomic E-state index is 11.8. The van der Waals surface area contributed by atoms with Gasteiger partial charge in [-0.2, -0.15) is 11.3 Å². The van der Waals surface area contributed by atoms with E-state index in [-0.39, 0.29) is 23.0 Å². The maximum atomic E-state index is 11.8. The molecule has 0 aliphatic rings. The monoisotopic (exact) mass is 312 g/mol. The summed E-state index contributed by atoms with van der Waals surface area (Å²) < 4.78 is 1.67. The molecule has 2 aromatic rings. The number of rotatable bonds is 6. The Balaban J connectivity index is 2.31. The number of aromatic nitrogens is 3. The molecule has 2 unspecified atom stereocenters. The molecule has 0 bridgehead atoms.